The van der Waals surface area contributed by atoms with Crippen molar-refractivity contribution in [2.24, 2.45) is 0 Å². The smallest absolute Gasteiger partial charge is 0.293 e. The van der Waals surface area contributed by atoms with E-state index in [2.05, 4.69) is 16.6 Å². The van der Waals surface area contributed by atoms with Crippen molar-refractivity contribution < 1.29 is 0 Å². The van der Waals surface area contributed by atoms with Gasteiger partial charge in [0.05, 0.1) is 0 Å². The zero-order valence-corrected chi connectivity index (χ0v) is 11.5. The van der Waals surface area contributed by atoms with E-state index < -0.39 is 0 Å². The Morgan fingerprint density at radius 1 is 1.56 bits per heavy atom. The van der Waals surface area contributed by atoms with Crippen LogP contribution in [0.3, 0.4) is 0 Å². The highest BCUT2D eigenvalue weighted by Crippen LogP contribution is 2.42. The average molecular weight is 265 g/mol. The van der Waals surface area contributed by atoms with Crippen LogP contribution in [0.4, 0.5) is 5.82 Å². The molecule has 0 saturated heterocycles. The van der Waals surface area contributed by atoms with Crippen LogP contribution in [0.15, 0.2) is 17.2 Å². The van der Waals surface area contributed by atoms with Crippen LogP contribution in [0.5, 0.6) is 0 Å². The molecule has 1 aromatic heterocycles. The molecule has 0 aromatic carbocycles. The number of aromatic nitrogens is 2. The molecule has 2 aliphatic rings. The quantitative estimate of drug-likeness (QED) is 0.887. The maximum atomic E-state index is 12.2. The summed E-state index contributed by atoms with van der Waals surface area (Å²) in [6.45, 7) is 0.852. The van der Waals surface area contributed by atoms with Gasteiger partial charge in [0.25, 0.3) is 5.56 Å². The highest BCUT2D eigenvalue weighted by molar-refractivity contribution is 8.00. The van der Waals surface area contributed by atoms with Crippen molar-refractivity contribution in [2.75, 3.05) is 18.1 Å². The van der Waals surface area contributed by atoms with E-state index in [9.17, 15) is 4.79 Å². The lowest BCUT2D eigenvalue weighted by atomic mass is 9.84. The third kappa shape index (κ3) is 2.16. The van der Waals surface area contributed by atoms with Crippen LogP contribution in [0.2, 0.25) is 0 Å². The van der Waals surface area contributed by atoms with Crippen LogP contribution in [-0.2, 0) is 0 Å². The van der Waals surface area contributed by atoms with E-state index in [-0.39, 0.29) is 5.56 Å². The molecule has 2 saturated carbocycles. The molecule has 0 aliphatic heterocycles. The van der Waals surface area contributed by atoms with Crippen LogP contribution >= 0.6 is 11.8 Å². The Morgan fingerprint density at radius 3 is 2.89 bits per heavy atom. The average Bonchev–Trinajstić information content (AvgIpc) is 3.14. The van der Waals surface area contributed by atoms with Crippen LogP contribution in [-0.4, -0.2) is 27.1 Å². The van der Waals surface area contributed by atoms with E-state index in [1.54, 1.807) is 12.4 Å². The first kappa shape index (κ1) is 12.1. The number of thioether (sulfide) groups is 1. The Labute approximate surface area is 111 Å². The number of nitrogens with one attached hydrogen (secondary N) is 1. The van der Waals surface area contributed by atoms with Gasteiger partial charge in [0, 0.05) is 29.7 Å². The Balaban J connectivity index is 1.72. The van der Waals surface area contributed by atoms with Crippen molar-refractivity contribution in [1.82, 2.24) is 9.55 Å². The van der Waals surface area contributed by atoms with Gasteiger partial charge < -0.3 is 9.88 Å². The molecule has 2 aliphatic carbocycles. The fourth-order valence-corrected chi connectivity index (χ4v) is 3.37. The second-order valence-corrected chi connectivity index (χ2v) is 6.59. The Bertz CT molecular complexity index is 486. The molecule has 0 atom stereocenters. The van der Waals surface area contributed by atoms with Crippen molar-refractivity contribution >= 4 is 17.6 Å². The lowest BCUT2D eigenvalue weighted by Gasteiger charge is -2.40. The highest BCUT2D eigenvalue weighted by Gasteiger charge is 2.36. The summed E-state index contributed by atoms with van der Waals surface area (Å²) in [5.74, 6) is 0.518. The lowest BCUT2D eigenvalue weighted by Crippen LogP contribution is -2.41. The molecule has 18 heavy (non-hydrogen) atoms. The number of nitrogens with zero attached hydrogens (tertiary/aromatic N) is 2. The number of hydrogen-bond donors (Lipinski definition) is 1. The maximum Gasteiger partial charge on any atom is 0.293 e. The van der Waals surface area contributed by atoms with E-state index in [4.69, 9.17) is 0 Å². The Hall–Kier alpha value is -0.970. The highest BCUT2D eigenvalue weighted by atomic mass is 32.2. The second-order valence-electron chi connectivity index (χ2n) is 5.31. The first-order chi connectivity index (χ1) is 8.74. The molecule has 3 rings (SSSR count). The molecule has 5 heteroatoms. The first-order valence-corrected chi connectivity index (χ1v) is 7.83. The third-order valence-corrected chi connectivity index (χ3v) is 5.50. The van der Waals surface area contributed by atoms with Crippen LogP contribution in [0.1, 0.15) is 38.1 Å². The van der Waals surface area contributed by atoms with Gasteiger partial charge in [-0.25, -0.2) is 4.98 Å². The normalized spacial score (nSPS) is 21.4. The Morgan fingerprint density at radius 2 is 2.33 bits per heavy atom. The van der Waals surface area contributed by atoms with Gasteiger partial charge in [-0.1, -0.05) is 6.42 Å². The number of rotatable bonds is 5. The summed E-state index contributed by atoms with van der Waals surface area (Å²) in [6.07, 6.45) is 11.7. The van der Waals surface area contributed by atoms with Gasteiger partial charge in [0.15, 0.2) is 5.82 Å². The van der Waals surface area contributed by atoms with E-state index in [1.165, 1.54) is 19.3 Å². The minimum absolute atomic E-state index is 0.0376. The third-order valence-electron chi connectivity index (χ3n) is 4.08. The topological polar surface area (TPSA) is 46.9 Å². The summed E-state index contributed by atoms with van der Waals surface area (Å²) in [4.78, 5) is 16.4. The molecule has 0 spiro atoms. The van der Waals surface area contributed by atoms with Gasteiger partial charge >= 0.3 is 0 Å². The van der Waals surface area contributed by atoms with Crippen LogP contribution < -0.4 is 10.9 Å². The van der Waals surface area contributed by atoms with E-state index in [0.29, 0.717) is 16.6 Å². The molecule has 98 valence electrons. The van der Waals surface area contributed by atoms with Gasteiger partial charge in [-0.05, 0) is 31.9 Å². The van der Waals surface area contributed by atoms with Gasteiger partial charge in [-0.3, -0.25) is 4.79 Å². The first-order valence-electron chi connectivity index (χ1n) is 6.60. The molecular weight excluding hydrogens is 246 g/mol. The van der Waals surface area contributed by atoms with Gasteiger partial charge in [-0.2, -0.15) is 11.8 Å². The predicted octanol–water partition coefficient (Wildman–Crippen LogP) is 2.28. The molecule has 0 radical (unpaired) electrons. The SMILES string of the molecule is CSC1(CNc2nccn(C3CC3)c2=O)CCC1. The molecular formula is C13H19N3OS. The molecule has 0 bridgehead atoms. The van der Waals surface area contributed by atoms with Crippen molar-refractivity contribution in [2.45, 2.75) is 42.9 Å². The number of anilines is 1. The summed E-state index contributed by atoms with van der Waals surface area (Å²) in [5.41, 5.74) is 0.0376. The molecule has 4 nitrogen and oxygen atoms in total. The largest absolute Gasteiger partial charge is 0.364 e. The summed E-state index contributed by atoms with van der Waals surface area (Å²) < 4.78 is 2.15. The van der Waals surface area contributed by atoms with Crippen molar-refractivity contribution in [3.63, 3.8) is 0 Å². The zero-order chi connectivity index (χ0) is 12.6. The minimum atomic E-state index is 0.0376. The van der Waals surface area contributed by atoms with Gasteiger partial charge in [-0.15, -0.1) is 0 Å². The van der Waals surface area contributed by atoms with E-state index in [0.717, 1.165) is 19.4 Å². The minimum Gasteiger partial charge on any atom is -0.364 e. The fourth-order valence-electron chi connectivity index (χ4n) is 2.46. The van der Waals surface area contributed by atoms with Crippen molar-refractivity contribution in [3.05, 3.63) is 22.7 Å². The van der Waals surface area contributed by atoms with Crippen molar-refractivity contribution in [3.8, 4) is 0 Å². The molecule has 1 heterocycles. The standard InChI is InChI=1S/C13H19N3OS/c1-18-13(5-2-6-13)9-15-11-12(17)16(8-7-14-11)10-3-4-10/h7-8,10H,2-6,9H2,1H3,(H,14,15). The molecule has 0 amide bonds. The Kier molecular flexibility index (Phi) is 3.09. The monoisotopic (exact) mass is 265 g/mol. The summed E-state index contributed by atoms with van der Waals surface area (Å²) in [6, 6.07) is 0.416. The summed E-state index contributed by atoms with van der Waals surface area (Å²) in [5, 5.41) is 3.26. The lowest BCUT2D eigenvalue weighted by molar-refractivity contribution is 0.379. The van der Waals surface area contributed by atoms with Crippen LogP contribution in [0.25, 0.3) is 0 Å². The maximum absolute atomic E-state index is 12.2. The molecule has 0 unspecified atom stereocenters. The zero-order valence-electron chi connectivity index (χ0n) is 10.7. The number of hydrogen-bond acceptors (Lipinski definition) is 4. The summed E-state index contributed by atoms with van der Waals surface area (Å²) in [7, 11) is 0. The molecule has 1 N–H and O–H groups in total. The van der Waals surface area contributed by atoms with E-state index in [1.807, 2.05) is 16.3 Å². The van der Waals surface area contributed by atoms with Crippen molar-refractivity contribution in [1.29, 1.82) is 0 Å². The molecule has 1 aromatic rings. The second kappa shape index (κ2) is 4.61. The van der Waals surface area contributed by atoms with Crippen LogP contribution in [0, 0.1) is 0 Å². The van der Waals surface area contributed by atoms with Gasteiger partial charge in [0.2, 0.25) is 0 Å². The summed E-state index contributed by atoms with van der Waals surface area (Å²) >= 11 is 1.91. The van der Waals surface area contributed by atoms with E-state index >= 15 is 0 Å². The predicted molar refractivity (Wildman–Crippen MR) is 75.4 cm³/mol. The van der Waals surface area contributed by atoms with Gasteiger partial charge in [0.1, 0.15) is 0 Å². The molecule has 2 fully saturated rings. The fraction of sp³-hybridized carbons (Fsp3) is 0.692.